The number of hydrogen-bond acceptors (Lipinski definition) is 3. The monoisotopic (exact) mass is 262 g/mol. The molecule has 1 rings (SSSR count). The number of carbonyl (C=O) groups excluding carboxylic acids is 1. The molecule has 0 saturated heterocycles. The highest BCUT2D eigenvalue weighted by molar-refractivity contribution is 7.12. The summed E-state index contributed by atoms with van der Waals surface area (Å²) < 4.78 is 5.08. The van der Waals surface area contributed by atoms with Gasteiger partial charge in [0.1, 0.15) is 6.61 Å². The van der Waals surface area contributed by atoms with Gasteiger partial charge >= 0.3 is 5.97 Å². The average molecular weight is 262 g/mol. The summed E-state index contributed by atoms with van der Waals surface area (Å²) in [6.07, 6.45) is 5.06. The van der Waals surface area contributed by atoms with Gasteiger partial charge < -0.3 is 4.74 Å². The van der Waals surface area contributed by atoms with Crippen LogP contribution in [-0.4, -0.2) is 5.97 Å². The number of rotatable bonds is 6. The normalized spacial score (nSPS) is 9.39. The molecule has 96 valence electrons. The van der Waals surface area contributed by atoms with Gasteiger partial charge in [0, 0.05) is 11.3 Å². The standard InChI is InChI=1S/C15H18O2S/c1-3-5-6-7-9-13-10-11-14(18-13)12-17-15(16)8-4-2/h4,10-11H,2-3,5-6,8,12H2,1H3. The number of esters is 1. The van der Waals surface area contributed by atoms with Gasteiger partial charge in [-0.3, -0.25) is 4.79 Å². The minimum absolute atomic E-state index is 0.242. The summed E-state index contributed by atoms with van der Waals surface area (Å²) in [5.74, 6) is 6.02. The van der Waals surface area contributed by atoms with E-state index in [4.69, 9.17) is 4.74 Å². The SMILES string of the molecule is C=CCC(=O)OCc1ccc(C#CCCCC)s1. The molecule has 0 saturated carbocycles. The lowest BCUT2D eigenvalue weighted by Gasteiger charge is -1.99. The molecule has 0 aliphatic carbocycles. The van der Waals surface area contributed by atoms with E-state index in [1.807, 2.05) is 12.1 Å². The van der Waals surface area contributed by atoms with Crippen molar-refractivity contribution < 1.29 is 9.53 Å². The maximum absolute atomic E-state index is 11.2. The molecule has 0 amide bonds. The van der Waals surface area contributed by atoms with Crippen LogP contribution < -0.4 is 0 Å². The maximum Gasteiger partial charge on any atom is 0.309 e. The molecule has 3 heteroatoms. The van der Waals surface area contributed by atoms with Crippen LogP contribution in [0.15, 0.2) is 24.8 Å². The summed E-state index contributed by atoms with van der Waals surface area (Å²) in [6, 6.07) is 3.93. The summed E-state index contributed by atoms with van der Waals surface area (Å²) in [5.41, 5.74) is 0. The Bertz CT molecular complexity index is 449. The lowest BCUT2D eigenvalue weighted by molar-refractivity contribution is -0.143. The Morgan fingerprint density at radius 3 is 3.11 bits per heavy atom. The van der Waals surface area contributed by atoms with Gasteiger partial charge in [0.25, 0.3) is 0 Å². The zero-order valence-corrected chi connectivity index (χ0v) is 11.5. The Morgan fingerprint density at radius 2 is 2.39 bits per heavy atom. The maximum atomic E-state index is 11.2. The molecule has 0 N–H and O–H groups in total. The summed E-state index contributed by atoms with van der Waals surface area (Å²) in [7, 11) is 0. The zero-order chi connectivity index (χ0) is 13.2. The lowest BCUT2D eigenvalue weighted by Crippen LogP contribution is -2.01. The van der Waals surface area contributed by atoms with Crippen LogP contribution in [-0.2, 0) is 16.1 Å². The van der Waals surface area contributed by atoms with Crippen LogP contribution in [0.1, 0.15) is 42.4 Å². The highest BCUT2D eigenvalue weighted by Gasteiger charge is 2.02. The van der Waals surface area contributed by atoms with E-state index in [1.165, 1.54) is 6.42 Å². The molecule has 0 aliphatic rings. The molecular formula is C15H18O2S. The quantitative estimate of drug-likeness (QED) is 0.336. The van der Waals surface area contributed by atoms with Crippen molar-refractivity contribution in [2.24, 2.45) is 0 Å². The van der Waals surface area contributed by atoms with Crippen LogP contribution in [0, 0.1) is 11.8 Å². The third-order valence-corrected chi connectivity index (χ3v) is 3.19. The van der Waals surface area contributed by atoms with Crippen molar-refractivity contribution >= 4 is 17.3 Å². The van der Waals surface area contributed by atoms with E-state index in [-0.39, 0.29) is 12.4 Å². The van der Waals surface area contributed by atoms with Gasteiger partial charge in [-0.15, -0.1) is 17.9 Å². The summed E-state index contributed by atoms with van der Waals surface area (Å²) in [6.45, 7) is 5.97. The predicted molar refractivity (Wildman–Crippen MR) is 75.3 cm³/mol. The van der Waals surface area contributed by atoms with Crippen LogP contribution in [0.4, 0.5) is 0 Å². The third kappa shape index (κ3) is 5.70. The number of hydrogen-bond donors (Lipinski definition) is 0. The van der Waals surface area contributed by atoms with Crippen molar-refractivity contribution in [1.29, 1.82) is 0 Å². The van der Waals surface area contributed by atoms with Gasteiger partial charge in [-0.25, -0.2) is 0 Å². The molecule has 0 spiro atoms. The van der Waals surface area contributed by atoms with Crippen molar-refractivity contribution in [3.8, 4) is 11.8 Å². The van der Waals surface area contributed by atoms with Crippen molar-refractivity contribution in [1.82, 2.24) is 0 Å². The second-order valence-corrected chi connectivity index (χ2v) is 4.99. The molecule has 0 bridgehead atoms. The van der Waals surface area contributed by atoms with Crippen LogP contribution >= 0.6 is 11.3 Å². The second kappa shape index (κ2) is 8.54. The summed E-state index contributed by atoms with van der Waals surface area (Å²) in [4.78, 5) is 13.2. The first-order chi connectivity index (χ1) is 8.76. The van der Waals surface area contributed by atoms with Crippen molar-refractivity contribution in [2.45, 2.75) is 39.2 Å². The van der Waals surface area contributed by atoms with Crippen molar-refractivity contribution in [2.75, 3.05) is 0 Å². The van der Waals surface area contributed by atoms with E-state index in [2.05, 4.69) is 25.3 Å². The Labute approximate surface area is 113 Å². The van der Waals surface area contributed by atoms with E-state index in [0.717, 1.165) is 22.6 Å². The molecule has 0 unspecified atom stereocenters. The molecule has 0 aliphatic heterocycles. The first kappa shape index (κ1) is 14.5. The van der Waals surface area contributed by atoms with E-state index >= 15 is 0 Å². The summed E-state index contributed by atoms with van der Waals surface area (Å²) in [5, 5.41) is 0. The average Bonchev–Trinajstić information content (AvgIpc) is 2.81. The molecule has 1 aromatic rings. The van der Waals surface area contributed by atoms with E-state index in [1.54, 1.807) is 17.4 Å². The first-order valence-corrected chi connectivity index (χ1v) is 6.92. The van der Waals surface area contributed by atoms with Gasteiger partial charge in [0.2, 0.25) is 0 Å². The van der Waals surface area contributed by atoms with Crippen LogP contribution in [0.25, 0.3) is 0 Å². The number of carbonyl (C=O) groups is 1. The Hall–Kier alpha value is -1.53. The largest absolute Gasteiger partial charge is 0.460 e. The third-order valence-electron chi connectivity index (χ3n) is 2.21. The van der Waals surface area contributed by atoms with Crippen LogP contribution in [0.2, 0.25) is 0 Å². The molecule has 1 aromatic heterocycles. The first-order valence-electron chi connectivity index (χ1n) is 6.10. The zero-order valence-electron chi connectivity index (χ0n) is 10.7. The summed E-state index contributed by atoms with van der Waals surface area (Å²) >= 11 is 1.57. The highest BCUT2D eigenvalue weighted by atomic mass is 32.1. The molecule has 2 nitrogen and oxygen atoms in total. The fourth-order valence-corrected chi connectivity index (χ4v) is 2.06. The van der Waals surface area contributed by atoms with E-state index < -0.39 is 0 Å². The number of thiophene rings is 1. The fourth-order valence-electron chi connectivity index (χ4n) is 1.27. The van der Waals surface area contributed by atoms with Gasteiger partial charge in [-0.1, -0.05) is 31.3 Å². The Kier molecular flexibility index (Phi) is 6.90. The molecule has 0 radical (unpaired) electrons. The number of ether oxygens (including phenoxy) is 1. The topological polar surface area (TPSA) is 26.3 Å². The van der Waals surface area contributed by atoms with Crippen LogP contribution in [0.5, 0.6) is 0 Å². The van der Waals surface area contributed by atoms with Crippen molar-refractivity contribution in [3.05, 3.63) is 34.5 Å². The van der Waals surface area contributed by atoms with Gasteiger partial charge in [0.15, 0.2) is 0 Å². The molecule has 0 atom stereocenters. The lowest BCUT2D eigenvalue weighted by atomic mass is 10.2. The van der Waals surface area contributed by atoms with E-state index in [0.29, 0.717) is 6.61 Å². The van der Waals surface area contributed by atoms with Gasteiger partial charge in [-0.2, -0.15) is 0 Å². The predicted octanol–water partition coefficient (Wildman–Crippen LogP) is 3.91. The second-order valence-electron chi connectivity index (χ2n) is 3.82. The van der Waals surface area contributed by atoms with Gasteiger partial charge in [-0.05, 0) is 18.6 Å². The Balaban J connectivity index is 2.40. The smallest absolute Gasteiger partial charge is 0.309 e. The number of unbranched alkanes of at least 4 members (excludes halogenated alkanes) is 2. The molecule has 0 fully saturated rings. The van der Waals surface area contributed by atoms with Gasteiger partial charge in [0.05, 0.1) is 11.3 Å². The minimum atomic E-state index is -0.242. The highest BCUT2D eigenvalue weighted by Crippen LogP contribution is 2.16. The Morgan fingerprint density at radius 1 is 1.56 bits per heavy atom. The van der Waals surface area contributed by atoms with Crippen LogP contribution in [0.3, 0.4) is 0 Å². The fraction of sp³-hybridized carbons (Fsp3) is 0.400. The van der Waals surface area contributed by atoms with E-state index in [9.17, 15) is 4.79 Å². The molecule has 1 heterocycles. The minimum Gasteiger partial charge on any atom is -0.460 e. The molecule has 0 aromatic carbocycles. The molecular weight excluding hydrogens is 244 g/mol. The van der Waals surface area contributed by atoms with Crippen molar-refractivity contribution in [3.63, 3.8) is 0 Å². The molecule has 18 heavy (non-hydrogen) atoms.